The zero-order chi connectivity index (χ0) is 16.4. The van der Waals surface area contributed by atoms with Gasteiger partial charge in [-0.25, -0.2) is 0 Å². The second-order valence-electron chi connectivity index (χ2n) is 5.66. The molecule has 23 heavy (non-hydrogen) atoms. The Morgan fingerprint density at radius 3 is 2.91 bits per heavy atom. The number of nitro benzene ring substituents is 1. The van der Waals surface area contributed by atoms with Crippen LogP contribution >= 0.6 is 0 Å². The third-order valence-electron chi connectivity index (χ3n) is 4.21. The summed E-state index contributed by atoms with van der Waals surface area (Å²) in [5.74, 6) is 0.258. The fourth-order valence-electron chi connectivity index (χ4n) is 3.16. The first-order valence-corrected chi connectivity index (χ1v) is 7.56. The van der Waals surface area contributed by atoms with Gasteiger partial charge < -0.3 is 15.8 Å². The van der Waals surface area contributed by atoms with Gasteiger partial charge in [-0.2, -0.15) is 0 Å². The number of para-hydroxylation sites is 1. The zero-order valence-electron chi connectivity index (χ0n) is 12.9. The van der Waals surface area contributed by atoms with Gasteiger partial charge in [0.05, 0.1) is 18.1 Å². The van der Waals surface area contributed by atoms with E-state index in [0.29, 0.717) is 5.69 Å². The van der Waals surface area contributed by atoms with Crippen LogP contribution in [-0.4, -0.2) is 12.0 Å². The number of fused-ring (bicyclic) bond motifs is 1. The van der Waals surface area contributed by atoms with Crippen molar-refractivity contribution >= 4 is 17.1 Å². The van der Waals surface area contributed by atoms with Crippen LogP contribution in [0.2, 0.25) is 0 Å². The molecule has 2 aromatic carbocycles. The van der Waals surface area contributed by atoms with E-state index in [9.17, 15) is 10.1 Å². The fourth-order valence-corrected chi connectivity index (χ4v) is 3.16. The normalized spacial score (nSPS) is 16.5. The van der Waals surface area contributed by atoms with Crippen LogP contribution in [0, 0.1) is 10.1 Å². The maximum atomic E-state index is 11.4. The Morgan fingerprint density at radius 2 is 2.17 bits per heavy atom. The predicted molar refractivity (Wildman–Crippen MR) is 89.8 cm³/mol. The molecule has 120 valence electrons. The third kappa shape index (κ3) is 2.92. The Hall–Kier alpha value is -2.76. The molecule has 0 fully saturated rings. The number of ether oxygens (including phenoxy) is 1. The first-order chi connectivity index (χ1) is 11.1. The first kappa shape index (κ1) is 15.1. The molecule has 6 nitrogen and oxygen atoms in total. The molecule has 2 aromatic rings. The summed E-state index contributed by atoms with van der Waals surface area (Å²) in [5.41, 5.74) is 9.41. The van der Waals surface area contributed by atoms with Gasteiger partial charge in [0.25, 0.3) is 0 Å². The molecule has 0 saturated heterocycles. The average molecular weight is 313 g/mol. The molecule has 0 spiro atoms. The van der Waals surface area contributed by atoms with Crippen molar-refractivity contribution in [1.29, 1.82) is 0 Å². The van der Waals surface area contributed by atoms with Crippen molar-refractivity contribution in [2.45, 2.75) is 25.3 Å². The molecule has 1 aliphatic carbocycles. The van der Waals surface area contributed by atoms with Crippen LogP contribution in [0.15, 0.2) is 36.4 Å². The number of nitrogens with two attached hydrogens (primary N) is 1. The quantitative estimate of drug-likeness (QED) is 0.510. The van der Waals surface area contributed by atoms with Gasteiger partial charge in [-0.3, -0.25) is 10.1 Å². The molecule has 6 heteroatoms. The summed E-state index contributed by atoms with van der Waals surface area (Å²) in [4.78, 5) is 11.0. The lowest BCUT2D eigenvalue weighted by Gasteiger charge is -2.27. The Labute approximate surface area is 134 Å². The summed E-state index contributed by atoms with van der Waals surface area (Å²) in [6, 6.07) is 11.0. The van der Waals surface area contributed by atoms with E-state index < -0.39 is 4.92 Å². The van der Waals surface area contributed by atoms with Crippen LogP contribution in [0.3, 0.4) is 0 Å². The molecule has 0 saturated carbocycles. The SMILES string of the molecule is COc1cccc(NC2CCCc3cc(N)ccc32)c1[N+](=O)[O-]. The van der Waals surface area contributed by atoms with Gasteiger partial charge in [-0.1, -0.05) is 12.1 Å². The number of nitrogen functional groups attached to an aromatic ring is 1. The number of aryl methyl sites for hydroxylation is 1. The fraction of sp³-hybridized carbons (Fsp3) is 0.294. The van der Waals surface area contributed by atoms with E-state index in [1.54, 1.807) is 18.2 Å². The lowest BCUT2D eigenvalue weighted by atomic mass is 9.87. The Morgan fingerprint density at radius 1 is 1.35 bits per heavy atom. The van der Waals surface area contributed by atoms with E-state index in [2.05, 4.69) is 5.32 Å². The molecule has 3 N–H and O–H groups in total. The average Bonchev–Trinajstić information content (AvgIpc) is 2.54. The molecule has 0 amide bonds. The zero-order valence-corrected chi connectivity index (χ0v) is 12.9. The molecule has 0 aromatic heterocycles. The van der Waals surface area contributed by atoms with Crippen molar-refractivity contribution in [3.05, 3.63) is 57.6 Å². The summed E-state index contributed by atoms with van der Waals surface area (Å²) in [6.45, 7) is 0. The van der Waals surface area contributed by atoms with Crippen molar-refractivity contribution in [2.24, 2.45) is 0 Å². The Kier molecular flexibility index (Phi) is 4.06. The molecule has 1 aliphatic rings. The van der Waals surface area contributed by atoms with Gasteiger partial charge in [0, 0.05) is 5.69 Å². The molecule has 1 unspecified atom stereocenters. The number of hydrogen-bond donors (Lipinski definition) is 2. The van der Waals surface area contributed by atoms with Crippen molar-refractivity contribution in [3.8, 4) is 5.75 Å². The van der Waals surface area contributed by atoms with Crippen LogP contribution < -0.4 is 15.8 Å². The molecule has 0 heterocycles. The van der Waals surface area contributed by atoms with E-state index in [0.717, 1.165) is 30.5 Å². The third-order valence-corrected chi connectivity index (χ3v) is 4.21. The summed E-state index contributed by atoms with van der Waals surface area (Å²) in [7, 11) is 1.44. The smallest absolute Gasteiger partial charge is 0.333 e. The molecule has 1 atom stereocenters. The van der Waals surface area contributed by atoms with Gasteiger partial charge in [0.2, 0.25) is 0 Å². The van der Waals surface area contributed by atoms with Crippen LogP contribution in [0.4, 0.5) is 17.1 Å². The molecule has 0 radical (unpaired) electrons. The minimum absolute atomic E-state index is 0.0300. The van der Waals surface area contributed by atoms with Gasteiger partial charge in [-0.05, 0) is 54.7 Å². The van der Waals surface area contributed by atoms with Gasteiger partial charge >= 0.3 is 5.69 Å². The van der Waals surface area contributed by atoms with E-state index in [4.69, 9.17) is 10.5 Å². The maximum absolute atomic E-state index is 11.4. The summed E-state index contributed by atoms with van der Waals surface area (Å²) in [6.07, 6.45) is 2.93. The maximum Gasteiger partial charge on any atom is 0.333 e. The van der Waals surface area contributed by atoms with Crippen LogP contribution in [0.5, 0.6) is 5.75 Å². The highest BCUT2D eigenvalue weighted by molar-refractivity contribution is 5.69. The number of nitro groups is 1. The number of anilines is 2. The van der Waals surface area contributed by atoms with Crippen molar-refractivity contribution in [2.75, 3.05) is 18.2 Å². The van der Waals surface area contributed by atoms with Gasteiger partial charge in [-0.15, -0.1) is 0 Å². The topological polar surface area (TPSA) is 90.4 Å². The van der Waals surface area contributed by atoms with Crippen molar-refractivity contribution in [3.63, 3.8) is 0 Å². The molecule has 0 aliphatic heterocycles. The summed E-state index contributed by atoms with van der Waals surface area (Å²) >= 11 is 0. The second kappa shape index (κ2) is 6.16. The van der Waals surface area contributed by atoms with E-state index in [1.165, 1.54) is 12.7 Å². The van der Waals surface area contributed by atoms with Crippen LogP contribution in [0.1, 0.15) is 30.0 Å². The van der Waals surface area contributed by atoms with E-state index >= 15 is 0 Å². The first-order valence-electron chi connectivity index (χ1n) is 7.56. The Bertz CT molecular complexity index is 746. The minimum Gasteiger partial charge on any atom is -0.490 e. The predicted octanol–water partition coefficient (Wildman–Crippen LogP) is 3.68. The molecular weight excluding hydrogens is 294 g/mol. The monoisotopic (exact) mass is 313 g/mol. The van der Waals surface area contributed by atoms with Gasteiger partial charge in [0.15, 0.2) is 5.75 Å². The second-order valence-corrected chi connectivity index (χ2v) is 5.66. The van der Waals surface area contributed by atoms with Gasteiger partial charge in [0.1, 0.15) is 5.69 Å². The number of methoxy groups -OCH3 is 1. The van der Waals surface area contributed by atoms with Crippen molar-refractivity contribution in [1.82, 2.24) is 0 Å². The Balaban J connectivity index is 1.97. The number of nitrogens with one attached hydrogen (secondary N) is 1. The summed E-state index contributed by atoms with van der Waals surface area (Å²) in [5, 5.41) is 14.7. The number of hydrogen-bond acceptors (Lipinski definition) is 5. The summed E-state index contributed by atoms with van der Waals surface area (Å²) < 4.78 is 5.12. The highest BCUT2D eigenvalue weighted by Crippen LogP contribution is 2.39. The highest BCUT2D eigenvalue weighted by Gasteiger charge is 2.25. The molecular formula is C17H19N3O3. The molecule has 0 bridgehead atoms. The number of rotatable bonds is 4. The minimum atomic E-state index is -0.409. The van der Waals surface area contributed by atoms with Crippen LogP contribution in [-0.2, 0) is 6.42 Å². The number of nitrogens with zero attached hydrogens (tertiary/aromatic N) is 1. The van der Waals surface area contributed by atoms with Crippen LogP contribution in [0.25, 0.3) is 0 Å². The highest BCUT2D eigenvalue weighted by atomic mass is 16.6. The lowest BCUT2D eigenvalue weighted by Crippen LogP contribution is -2.18. The van der Waals surface area contributed by atoms with Crippen molar-refractivity contribution < 1.29 is 9.66 Å². The molecule has 3 rings (SSSR count). The standard InChI is InChI=1S/C17H19N3O3/c1-23-16-7-3-6-15(17(16)20(21)22)19-14-5-2-4-11-10-12(18)8-9-13(11)14/h3,6-10,14,19H,2,4-5,18H2,1H3. The largest absolute Gasteiger partial charge is 0.490 e. The van der Waals surface area contributed by atoms with E-state index in [1.807, 2.05) is 18.2 Å². The lowest BCUT2D eigenvalue weighted by molar-refractivity contribution is -0.384. The number of benzene rings is 2. The van der Waals surface area contributed by atoms with E-state index in [-0.39, 0.29) is 17.5 Å².